The molecule has 6 heteroatoms. The van der Waals surface area contributed by atoms with E-state index < -0.39 is 11.7 Å². The number of rotatable bonds is 1. The van der Waals surface area contributed by atoms with Gasteiger partial charge in [0.2, 0.25) is 0 Å². The summed E-state index contributed by atoms with van der Waals surface area (Å²) in [6.07, 6.45) is -1.54. The van der Waals surface area contributed by atoms with Gasteiger partial charge in [0.25, 0.3) is 0 Å². The average molecular weight is 237 g/mol. The molecular weight excluding hydrogens is 231 g/mol. The highest BCUT2D eigenvalue weighted by atomic mass is 19.4. The minimum absolute atomic E-state index is 0.146. The number of nitrogens with zero attached hydrogens (tertiary/aromatic N) is 2. The van der Waals surface area contributed by atoms with Crippen LogP contribution in [-0.4, -0.2) is 9.97 Å². The molecule has 3 nitrogen and oxygen atoms in total. The lowest BCUT2D eigenvalue weighted by atomic mass is 10.0. The van der Waals surface area contributed by atoms with Crippen molar-refractivity contribution < 1.29 is 13.2 Å². The van der Waals surface area contributed by atoms with E-state index in [1.54, 1.807) is 0 Å². The zero-order chi connectivity index (χ0) is 12.5. The summed E-state index contributed by atoms with van der Waals surface area (Å²) in [5.41, 5.74) is -0.511. The Morgan fingerprint density at radius 2 is 2.06 bits per heavy atom. The summed E-state index contributed by atoms with van der Waals surface area (Å²) in [5, 5.41) is 8.84. The second-order valence-corrected chi connectivity index (χ2v) is 3.31. The van der Waals surface area contributed by atoms with Gasteiger partial charge in [-0.1, -0.05) is 0 Å². The van der Waals surface area contributed by atoms with Gasteiger partial charge in [-0.15, -0.1) is 0 Å². The molecule has 0 bridgehead atoms. The molecule has 1 heterocycles. The van der Waals surface area contributed by atoms with Crippen LogP contribution in [0.25, 0.3) is 11.4 Å². The molecule has 0 aliphatic rings. The second-order valence-electron chi connectivity index (χ2n) is 3.31. The molecule has 86 valence electrons. The molecule has 0 unspecified atom stereocenters. The van der Waals surface area contributed by atoms with Gasteiger partial charge < -0.3 is 4.98 Å². The predicted molar refractivity (Wildman–Crippen MR) is 53.7 cm³/mol. The molecular formula is C11H6F3N3. The van der Waals surface area contributed by atoms with Crippen molar-refractivity contribution in [1.82, 2.24) is 9.97 Å². The molecule has 0 fully saturated rings. The molecule has 1 aromatic carbocycles. The zero-order valence-corrected chi connectivity index (χ0v) is 8.42. The Balaban J connectivity index is 2.61. The van der Waals surface area contributed by atoms with E-state index in [1.807, 2.05) is 6.07 Å². The van der Waals surface area contributed by atoms with E-state index in [9.17, 15) is 13.2 Å². The van der Waals surface area contributed by atoms with Gasteiger partial charge in [0, 0.05) is 18.0 Å². The van der Waals surface area contributed by atoms with Gasteiger partial charge in [-0.25, -0.2) is 4.98 Å². The third-order valence-corrected chi connectivity index (χ3v) is 2.22. The molecule has 0 aliphatic heterocycles. The van der Waals surface area contributed by atoms with Gasteiger partial charge in [-0.3, -0.25) is 0 Å². The number of alkyl halides is 3. The lowest BCUT2D eigenvalue weighted by Crippen LogP contribution is -2.05. The fourth-order valence-electron chi connectivity index (χ4n) is 1.43. The molecule has 0 saturated carbocycles. The van der Waals surface area contributed by atoms with Crippen molar-refractivity contribution in [2.45, 2.75) is 6.18 Å². The number of H-pyrrole nitrogens is 1. The Morgan fingerprint density at radius 3 is 2.59 bits per heavy atom. The maximum absolute atomic E-state index is 12.5. The largest absolute Gasteiger partial charge is 0.416 e. The van der Waals surface area contributed by atoms with Crippen LogP contribution in [0.5, 0.6) is 0 Å². The SMILES string of the molecule is N#Cc1ccc(C(F)(F)F)cc1-c1ncc[nH]1. The molecule has 0 atom stereocenters. The Hall–Kier alpha value is -2.29. The summed E-state index contributed by atoms with van der Waals surface area (Å²) < 4.78 is 37.6. The lowest BCUT2D eigenvalue weighted by molar-refractivity contribution is -0.137. The number of benzene rings is 1. The molecule has 1 N–H and O–H groups in total. The molecule has 0 amide bonds. The van der Waals surface area contributed by atoms with E-state index in [0.717, 1.165) is 18.2 Å². The van der Waals surface area contributed by atoms with Crippen LogP contribution in [0.1, 0.15) is 11.1 Å². The summed E-state index contributed by atoms with van der Waals surface area (Å²) >= 11 is 0. The summed E-state index contributed by atoms with van der Waals surface area (Å²) in [7, 11) is 0. The minimum Gasteiger partial charge on any atom is -0.345 e. The van der Waals surface area contributed by atoms with Crippen LogP contribution in [0.4, 0.5) is 13.2 Å². The first-order valence-corrected chi connectivity index (χ1v) is 4.63. The summed E-state index contributed by atoms with van der Waals surface area (Å²) in [6, 6.07) is 4.77. The fourth-order valence-corrected chi connectivity index (χ4v) is 1.43. The van der Waals surface area contributed by atoms with E-state index in [2.05, 4.69) is 9.97 Å². The zero-order valence-electron chi connectivity index (χ0n) is 8.42. The Bertz CT molecular complexity index is 565. The van der Waals surface area contributed by atoms with E-state index in [4.69, 9.17) is 5.26 Å². The number of hydrogen-bond donors (Lipinski definition) is 1. The van der Waals surface area contributed by atoms with Crippen molar-refractivity contribution in [2.24, 2.45) is 0 Å². The van der Waals surface area contributed by atoms with Crippen LogP contribution in [0.3, 0.4) is 0 Å². The van der Waals surface area contributed by atoms with Crippen molar-refractivity contribution in [3.63, 3.8) is 0 Å². The molecule has 0 saturated heterocycles. The van der Waals surface area contributed by atoms with Crippen LogP contribution in [0.15, 0.2) is 30.6 Å². The summed E-state index contributed by atoms with van der Waals surface area (Å²) in [6.45, 7) is 0. The van der Waals surface area contributed by atoms with Crippen molar-refractivity contribution in [2.75, 3.05) is 0 Å². The van der Waals surface area contributed by atoms with Crippen LogP contribution in [0.2, 0.25) is 0 Å². The highest BCUT2D eigenvalue weighted by Crippen LogP contribution is 2.32. The monoisotopic (exact) mass is 237 g/mol. The minimum atomic E-state index is -4.44. The Kier molecular flexibility index (Phi) is 2.60. The summed E-state index contributed by atoms with van der Waals surface area (Å²) in [4.78, 5) is 6.52. The molecule has 17 heavy (non-hydrogen) atoms. The number of nitrogens with one attached hydrogen (secondary N) is 1. The number of halogens is 3. The fraction of sp³-hybridized carbons (Fsp3) is 0.0909. The summed E-state index contributed by atoms with van der Waals surface area (Å²) in [5.74, 6) is 0.243. The van der Waals surface area contributed by atoms with E-state index in [-0.39, 0.29) is 17.0 Å². The standard InChI is InChI=1S/C11H6F3N3/c12-11(13,14)8-2-1-7(6-15)9(5-8)10-16-3-4-17-10/h1-5H,(H,16,17). The third kappa shape index (κ3) is 2.13. The average Bonchev–Trinajstić information content (AvgIpc) is 2.80. The van der Waals surface area contributed by atoms with Gasteiger partial charge in [0.15, 0.2) is 0 Å². The number of aromatic nitrogens is 2. The molecule has 0 radical (unpaired) electrons. The van der Waals surface area contributed by atoms with E-state index in [0.29, 0.717) is 0 Å². The van der Waals surface area contributed by atoms with Crippen molar-refractivity contribution in [3.05, 3.63) is 41.7 Å². The molecule has 0 aliphatic carbocycles. The lowest BCUT2D eigenvalue weighted by Gasteiger charge is -2.08. The molecule has 2 aromatic rings. The maximum Gasteiger partial charge on any atom is 0.416 e. The topological polar surface area (TPSA) is 52.5 Å². The highest BCUT2D eigenvalue weighted by Gasteiger charge is 2.31. The molecule has 0 spiro atoms. The number of imidazole rings is 1. The number of hydrogen-bond acceptors (Lipinski definition) is 2. The van der Waals surface area contributed by atoms with Crippen LogP contribution >= 0.6 is 0 Å². The van der Waals surface area contributed by atoms with Gasteiger partial charge in [-0.2, -0.15) is 18.4 Å². The van der Waals surface area contributed by atoms with E-state index in [1.165, 1.54) is 12.4 Å². The quantitative estimate of drug-likeness (QED) is 0.828. The first kappa shape index (κ1) is 11.2. The van der Waals surface area contributed by atoms with Crippen molar-refractivity contribution in [3.8, 4) is 17.5 Å². The molecule has 1 aromatic heterocycles. The normalized spacial score (nSPS) is 11.2. The van der Waals surface area contributed by atoms with Gasteiger partial charge in [0.05, 0.1) is 17.2 Å². The maximum atomic E-state index is 12.5. The predicted octanol–water partition coefficient (Wildman–Crippen LogP) is 2.97. The van der Waals surface area contributed by atoms with Crippen LogP contribution < -0.4 is 0 Å². The van der Waals surface area contributed by atoms with E-state index >= 15 is 0 Å². The van der Waals surface area contributed by atoms with Gasteiger partial charge >= 0.3 is 6.18 Å². The first-order chi connectivity index (χ1) is 8.02. The van der Waals surface area contributed by atoms with Gasteiger partial charge in [0.1, 0.15) is 5.82 Å². The number of nitriles is 1. The van der Waals surface area contributed by atoms with Gasteiger partial charge in [-0.05, 0) is 18.2 Å². The Labute approximate surface area is 94.5 Å². The van der Waals surface area contributed by atoms with Crippen molar-refractivity contribution >= 4 is 0 Å². The smallest absolute Gasteiger partial charge is 0.345 e. The second kappa shape index (κ2) is 3.94. The Morgan fingerprint density at radius 1 is 1.29 bits per heavy atom. The van der Waals surface area contributed by atoms with Crippen molar-refractivity contribution in [1.29, 1.82) is 5.26 Å². The van der Waals surface area contributed by atoms with Crippen LogP contribution in [-0.2, 0) is 6.18 Å². The first-order valence-electron chi connectivity index (χ1n) is 4.63. The third-order valence-electron chi connectivity index (χ3n) is 2.22. The van der Waals surface area contributed by atoms with Crippen LogP contribution in [0, 0.1) is 11.3 Å². The molecule has 2 rings (SSSR count). The number of aromatic amines is 1. The highest BCUT2D eigenvalue weighted by molar-refractivity contribution is 5.65.